The van der Waals surface area contributed by atoms with Gasteiger partial charge in [0.15, 0.2) is 5.17 Å². The average molecular weight is 341 g/mol. The highest BCUT2D eigenvalue weighted by Crippen LogP contribution is 2.29. The lowest BCUT2D eigenvalue weighted by molar-refractivity contribution is -0.115. The van der Waals surface area contributed by atoms with Crippen molar-refractivity contribution in [2.75, 3.05) is 0 Å². The van der Waals surface area contributed by atoms with Crippen LogP contribution in [0.5, 0.6) is 5.75 Å². The Hall–Kier alpha value is -3.13. The van der Waals surface area contributed by atoms with Gasteiger partial charge >= 0.3 is 5.97 Å². The third-order valence-corrected chi connectivity index (χ3v) is 3.97. The number of nitrogens with one attached hydrogen (secondary N) is 1. The number of carbonyl (C=O) groups is 2. The third kappa shape index (κ3) is 3.44. The van der Waals surface area contributed by atoms with Crippen LogP contribution in [0.15, 0.2) is 52.5 Å². The number of benzene rings is 1. The van der Waals surface area contributed by atoms with E-state index in [4.69, 9.17) is 5.11 Å². The molecule has 1 amide bonds. The first-order chi connectivity index (χ1) is 11.5. The van der Waals surface area contributed by atoms with Gasteiger partial charge in [0, 0.05) is 12.3 Å². The molecule has 2 aromatic rings. The molecule has 7 nitrogen and oxygen atoms in total. The van der Waals surface area contributed by atoms with E-state index in [1.54, 1.807) is 24.4 Å². The normalized spacial score (nSPS) is 17.2. The van der Waals surface area contributed by atoms with Gasteiger partial charge in [0.25, 0.3) is 5.91 Å². The standard InChI is InChI=1S/C16H11N3O4S/c20-12-7-10(4-5-11(12)15(22)23)18-16-19-14(21)13(24-16)8-9-3-1-2-6-17-9/h1-8,20H,(H,22,23)(H,18,19,21)/b13-8-. The minimum absolute atomic E-state index is 0.210. The van der Waals surface area contributed by atoms with E-state index in [1.807, 2.05) is 6.07 Å². The molecule has 1 fully saturated rings. The Morgan fingerprint density at radius 1 is 1.29 bits per heavy atom. The van der Waals surface area contributed by atoms with Crippen LogP contribution in [0.25, 0.3) is 6.08 Å². The van der Waals surface area contributed by atoms with E-state index < -0.39 is 5.97 Å². The Kier molecular flexibility index (Phi) is 4.30. The van der Waals surface area contributed by atoms with E-state index in [0.29, 0.717) is 21.5 Å². The molecule has 8 heteroatoms. The zero-order valence-electron chi connectivity index (χ0n) is 12.1. The first-order valence-corrected chi connectivity index (χ1v) is 7.61. The summed E-state index contributed by atoms with van der Waals surface area (Å²) < 4.78 is 0. The number of aliphatic imine (C=N–C) groups is 1. The van der Waals surface area contributed by atoms with Crippen molar-refractivity contribution in [2.45, 2.75) is 0 Å². The van der Waals surface area contributed by atoms with Gasteiger partial charge in [-0.2, -0.15) is 0 Å². The topological polar surface area (TPSA) is 112 Å². The van der Waals surface area contributed by atoms with Gasteiger partial charge in [-0.15, -0.1) is 0 Å². The summed E-state index contributed by atoms with van der Waals surface area (Å²) in [6.45, 7) is 0. The van der Waals surface area contributed by atoms with Crippen LogP contribution in [0, 0.1) is 0 Å². The minimum atomic E-state index is -1.23. The molecule has 0 saturated carbocycles. The van der Waals surface area contributed by atoms with Crippen molar-refractivity contribution in [3.8, 4) is 5.75 Å². The number of thioether (sulfide) groups is 1. The molecule has 0 atom stereocenters. The summed E-state index contributed by atoms with van der Waals surface area (Å²) in [6, 6.07) is 9.30. The van der Waals surface area contributed by atoms with E-state index in [2.05, 4.69) is 15.3 Å². The molecular formula is C16H11N3O4S. The second-order valence-corrected chi connectivity index (χ2v) is 5.77. The molecule has 0 unspecified atom stereocenters. The van der Waals surface area contributed by atoms with Gasteiger partial charge in [-0.05, 0) is 42.1 Å². The van der Waals surface area contributed by atoms with Crippen molar-refractivity contribution in [1.82, 2.24) is 10.3 Å². The molecule has 1 aliphatic rings. The second kappa shape index (κ2) is 6.55. The fraction of sp³-hybridized carbons (Fsp3) is 0. The third-order valence-electron chi connectivity index (χ3n) is 3.06. The smallest absolute Gasteiger partial charge is 0.339 e. The van der Waals surface area contributed by atoms with Crippen LogP contribution in [0.3, 0.4) is 0 Å². The maximum absolute atomic E-state index is 12.0. The van der Waals surface area contributed by atoms with Gasteiger partial charge in [0.05, 0.1) is 16.3 Å². The van der Waals surface area contributed by atoms with Crippen molar-refractivity contribution >= 4 is 40.6 Å². The number of amidine groups is 1. The Labute approximate surface area is 140 Å². The SMILES string of the molecule is O=C1NC(=Nc2ccc(C(=O)O)c(O)c2)S/C1=C\c1ccccn1. The Bertz CT molecular complexity index is 878. The zero-order valence-corrected chi connectivity index (χ0v) is 12.9. The number of hydrogen-bond acceptors (Lipinski definition) is 6. The van der Waals surface area contributed by atoms with Gasteiger partial charge in [-0.3, -0.25) is 9.78 Å². The molecule has 2 heterocycles. The average Bonchev–Trinajstić information content (AvgIpc) is 2.87. The number of hydrogen-bond donors (Lipinski definition) is 3. The quantitative estimate of drug-likeness (QED) is 0.739. The number of carboxylic acids is 1. The van der Waals surface area contributed by atoms with Crippen molar-refractivity contribution in [3.63, 3.8) is 0 Å². The molecule has 0 spiro atoms. The summed E-state index contributed by atoms with van der Waals surface area (Å²) >= 11 is 1.14. The lowest BCUT2D eigenvalue weighted by Crippen LogP contribution is -2.19. The fourth-order valence-corrected chi connectivity index (χ4v) is 2.79. The molecule has 3 rings (SSSR count). The highest BCUT2D eigenvalue weighted by atomic mass is 32.2. The summed E-state index contributed by atoms with van der Waals surface area (Å²) in [5, 5.41) is 21.5. The summed E-state index contributed by atoms with van der Waals surface area (Å²) in [5.41, 5.74) is 0.775. The number of nitrogens with zero attached hydrogens (tertiary/aromatic N) is 2. The van der Waals surface area contributed by atoms with E-state index in [9.17, 15) is 14.7 Å². The number of carbonyl (C=O) groups excluding carboxylic acids is 1. The first kappa shape index (κ1) is 15.8. The molecule has 120 valence electrons. The summed E-state index contributed by atoms with van der Waals surface area (Å²) in [4.78, 5) is 31.6. The van der Waals surface area contributed by atoms with Crippen LogP contribution in [0.4, 0.5) is 5.69 Å². The maximum Gasteiger partial charge on any atom is 0.339 e. The highest BCUT2D eigenvalue weighted by molar-refractivity contribution is 8.18. The molecule has 0 bridgehead atoms. The molecular weight excluding hydrogens is 330 g/mol. The predicted octanol–water partition coefficient (Wildman–Crippen LogP) is 2.38. The van der Waals surface area contributed by atoms with Crippen LogP contribution in [-0.2, 0) is 4.79 Å². The lowest BCUT2D eigenvalue weighted by atomic mass is 10.2. The van der Waals surface area contributed by atoms with Crippen LogP contribution in [0.1, 0.15) is 16.1 Å². The highest BCUT2D eigenvalue weighted by Gasteiger charge is 2.24. The number of aromatic nitrogens is 1. The molecule has 1 aromatic heterocycles. The zero-order chi connectivity index (χ0) is 17.1. The van der Waals surface area contributed by atoms with E-state index in [1.165, 1.54) is 18.2 Å². The molecule has 3 N–H and O–H groups in total. The molecule has 1 aromatic carbocycles. The number of pyridine rings is 1. The van der Waals surface area contributed by atoms with Crippen LogP contribution >= 0.6 is 11.8 Å². The van der Waals surface area contributed by atoms with Crippen molar-refractivity contribution in [2.24, 2.45) is 4.99 Å². The summed E-state index contributed by atoms with van der Waals surface area (Å²) in [5.74, 6) is -1.91. The Morgan fingerprint density at radius 2 is 2.12 bits per heavy atom. The van der Waals surface area contributed by atoms with E-state index >= 15 is 0 Å². The van der Waals surface area contributed by atoms with Crippen LogP contribution in [-0.4, -0.2) is 32.2 Å². The van der Waals surface area contributed by atoms with Crippen molar-refractivity contribution in [3.05, 3.63) is 58.8 Å². The molecule has 0 aliphatic carbocycles. The van der Waals surface area contributed by atoms with Gasteiger partial charge in [-0.25, -0.2) is 9.79 Å². The monoisotopic (exact) mass is 341 g/mol. The number of aromatic hydroxyl groups is 1. The number of amides is 1. The molecule has 24 heavy (non-hydrogen) atoms. The van der Waals surface area contributed by atoms with Gasteiger partial charge < -0.3 is 15.5 Å². The Balaban J connectivity index is 1.83. The van der Waals surface area contributed by atoms with E-state index in [0.717, 1.165) is 11.8 Å². The number of aromatic carboxylic acids is 1. The predicted molar refractivity (Wildman–Crippen MR) is 90.1 cm³/mol. The van der Waals surface area contributed by atoms with Gasteiger partial charge in [-0.1, -0.05) is 6.07 Å². The van der Waals surface area contributed by atoms with Crippen LogP contribution < -0.4 is 5.32 Å². The molecule has 1 saturated heterocycles. The maximum atomic E-state index is 12.0. The number of carboxylic acid groups (broad SMARTS) is 1. The van der Waals surface area contributed by atoms with Gasteiger partial charge in [0.1, 0.15) is 11.3 Å². The minimum Gasteiger partial charge on any atom is -0.507 e. The fourth-order valence-electron chi connectivity index (χ4n) is 1.96. The lowest BCUT2D eigenvalue weighted by Gasteiger charge is -2.01. The van der Waals surface area contributed by atoms with Crippen molar-refractivity contribution < 1.29 is 19.8 Å². The summed E-state index contributed by atoms with van der Waals surface area (Å²) in [7, 11) is 0. The van der Waals surface area contributed by atoms with Gasteiger partial charge in [0.2, 0.25) is 0 Å². The Morgan fingerprint density at radius 3 is 2.79 bits per heavy atom. The van der Waals surface area contributed by atoms with E-state index in [-0.39, 0.29) is 17.2 Å². The number of rotatable bonds is 3. The van der Waals surface area contributed by atoms with Crippen LogP contribution in [0.2, 0.25) is 0 Å². The molecule has 1 aliphatic heterocycles. The summed E-state index contributed by atoms with van der Waals surface area (Å²) in [6.07, 6.45) is 3.28. The second-order valence-electron chi connectivity index (χ2n) is 4.74. The first-order valence-electron chi connectivity index (χ1n) is 6.80. The molecule has 0 radical (unpaired) electrons. The largest absolute Gasteiger partial charge is 0.507 e. The van der Waals surface area contributed by atoms with Crippen molar-refractivity contribution in [1.29, 1.82) is 0 Å². The number of phenols is 1.